The van der Waals surface area contributed by atoms with Gasteiger partial charge in [-0.2, -0.15) is 5.26 Å². The van der Waals surface area contributed by atoms with Crippen LogP contribution in [0.5, 0.6) is 0 Å². The second kappa shape index (κ2) is 4.53. The molecule has 1 aliphatic rings. The van der Waals surface area contributed by atoms with Crippen LogP contribution in [0.4, 0.5) is 0 Å². The third-order valence-electron chi connectivity index (χ3n) is 4.11. The molecular formula is C13H23NO. The van der Waals surface area contributed by atoms with Gasteiger partial charge in [0.1, 0.15) is 0 Å². The molecule has 1 saturated carbocycles. The second-order valence-electron chi connectivity index (χ2n) is 5.40. The molecule has 0 amide bonds. The minimum Gasteiger partial charge on any atom is -0.389 e. The molecule has 1 atom stereocenters. The molecular weight excluding hydrogens is 186 g/mol. The van der Waals surface area contributed by atoms with Gasteiger partial charge < -0.3 is 5.11 Å². The smallest absolute Gasteiger partial charge is 0.0857 e. The van der Waals surface area contributed by atoms with Crippen LogP contribution in [0, 0.1) is 22.7 Å². The maximum Gasteiger partial charge on any atom is 0.0857 e. The van der Waals surface area contributed by atoms with Crippen LogP contribution >= 0.6 is 0 Å². The Bertz CT molecular complexity index is 244. The van der Waals surface area contributed by atoms with Crippen molar-refractivity contribution in [3.05, 3.63) is 0 Å². The van der Waals surface area contributed by atoms with Gasteiger partial charge in [0, 0.05) is 0 Å². The topological polar surface area (TPSA) is 44.0 Å². The highest BCUT2D eigenvalue weighted by molar-refractivity contribution is 5.11. The fourth-order valence-electron chi connectivity index (χ4n) is 2.75. The fraction of sp³-hybridized carbons (Fsp3) is 0.923. The predicted octanol–water partition coefficient (Wildman–Crippen LogP) is 3.26. The summed E-state index contributed by atoms with van der Waals surface area (Å²) in [5.74, 6) is 0.712. The van der Waals surface area contributed by atoms with Crippen molar-refractivity contribution in [1.29, 1.82) is 5.26 Å². The molecule has 1 unspecified atom stereocenters. The van der Waals surface area contributed by atoms with E-state index in [1.807, 2.05) is 6.92 Å². The van der Waals surface area contributed by atoms with Crippen LogP contribution in [0.25, 0.3) is 0 Å². The van der Waals surface area contributed by atoms with Crippen LogP contribution in [0.1, 0.15) is 59.3 Å². The zero-order chi connectivity index (χ0) is 11.5. The quantitative estimate of drug-likeness (QED) is 0.775. The van der Waals surface area contributed by atoms with E-state index in [0.717, 1.165) is 38.5 Å². The van der Waals surface area contributed by atoms with Crippen LogP contribution in [-0.4, -0.2) is 10.7 Å². The van der Waals surface area contributed by atoms with Gasteiger partial charge in [0.05, 0.1) is 17.1 Å². The molecule has 0 aromatic rings. The number of nitriles is 1. The lowest BCUT2D eigenvalue weighted by atomic mass is 9.62. The molecule has 15 heavy (non-hydrogen) atoms. The molecule has 0 radical (unpaired) electrons. The minimum atomic E-state index is -0.809. The molecule has 86 valence electrons. The lowest BCUT2D eigenvalue weighted by Crippen LogP contribution is -2.47. The van der Waals surface area contributed by atoms with Gasteiger partial charge in [0.2, 0.25) is 0 Å². The number of hydrogen-bond donors (Lipinski definition) is 1. The van der Waals surface area contributed by atoms with Crippen LogP contribution in [0.3, 0.4) is 0 Å². The third-order valence-corrected chi connectivity index (χ3v) is 4.11. The molecule has 0 bridgehead atoms. The molecule has 0 aliphatic heterocycles. The molecule has 1 N–H and O–H groups in total. The zero-order valence-corrected chi connectivity index (χ0v) is 10.2. The summed E-state index contributed by atoms with van der Waals surface area (Å²) in [7, 11) is 0. The van der Waals surface area contributed by atoms with Crippen LogP contribution < -0.4 is 0 Å². The zero-order valence-electron chi connectivity index (χ0n) is 10.2. The molecule has 0 aromatic heterocycles. The highest BCUT2D eigenvalue weighted by Gasteiger charge is 2.48. The lowest BCUT2D eigenvalue weighted by molar-refractivity contribution is -0.0689. The summed E-state index contributed by atoms with van der Waals surface area (Å²) < 4.78 is 0. The summed E-state index contributed by atoms with van der Waals surface area (Å²) in [6.45, 7) is 6.14. The molecule has 2 nitrogen and oxygen atoms in total. The first kappa shape index (κ1) is 12.5. The van der Waals surface area contributed by atoms with Crippen molar-refractivity contribution in [2.24, 2.45) is 11.3 Å². The maximum absolute atomic E-state index is 10.5. The van der Waals surface area contributed by atoms with Crippen molar-refractivity contribution in [2.75, 3.05) is 0 Å². The summed E-state index contributed by atoms with van der Waals surface area (Å²) in [6, 6.07) is 2.41. The van der Waals surface area contributed by atoms with Crippen LogP contribution in [-0.2, 0) is 0 Å². The lowest BCUT2D eigenvalue weighted by Gasteiger charge is -2.44. The predicted molar refractivity (Wildman–Crippen MR) is 61.2 cm³/mol. The fourth-order valence-corrected chi connectivity index (χ4v) is 2.75. The van der Waals surface area contributed by atoms with E-state index in [1.165, 1.54) is 0 Å². The average Bonchev–Trinajstić information content (AvgIpc) is 2.19. The van der Waals surface area contributed by atoms with E-state index in [4.69, 9.17) is 0 Å². The standard InChI is InChI=1S/C13H23NO/c1-4-7-12(3,15)13(10-14)8-5-11(2)6-9-13/h11,15H,4-9H2,1-3H3. The van der Waals surface area contributed by atoms with Gasteiger partial charge in [0.15, 0.2) is 0 Å². The van der Waals surface area contributed by atoms with Gasteiger partial charge in [-0.05, 0) is 44.9 Å². The van der Waals surface area contributed by atoms with Crippen molar-refractivity contribution in [2.45, 2.75) is 64.9 Å². The molecule has 2 heteroatoms. The Balaban J connectivity index is 2.82. The number of rotatable bonds is 3. The number of nitrogens with zero attached hydrogens (tertiary/aromatic N) is 1. The molecule has 0 heterocycles. The Labute approximate surface area is 93.3 Å². The van der Waals surface area contributed by atoms with E-state index < -0.39 is 11.0 Å². The Morgan fingerprint density at radius 3 is 2.40 bits per heavy atom. The summed E-state index contributed by atoms with van der Waals surface area (Å²) in [6.07, 6.45) is 5.54. The molecule has 1 rings (SSSR count). The average molecular weight is 209 g/mol. The second-order valence-corrected chi connectivity index (χ2v) is 5.40. The van der Waals surface area contributed by atoms with E-state index in [9.17, 15) is 10.4 Å². The molecule has 0 saturated heterocycles. The third kappa shape index (κ3) is 2.34. The largest absolute Gasteiger partial charge is 0.389 e. The van der Waals surface area contributed by atoms with Crippen LogP contribution in [0.15, 0.2) is 0 Å². The number of hydrogen-bond acceptors (Lipinski definition) is 2. The van der Waals surface area contributed by atoms with Gasteiger partial charge in [-0.1, -0.05) is 20.3 Å². The normalized spacial score (nSPS) is 35.5. The monoisotopic (exact) mass is 209 g/mol. The van der Waals surface area contributed by atoms with Gasteiger partial charge in [-0.15, -0.1) is 0 Å². The van der Waals surface area contributed by atoms with Gasteiger partial charge in [0.25, 0.3) is 0 Å². The summed E-state index contributed by atoms with van der Waals surface area (Å²) in [5.41, 5.74) is -1.30. The summed E-state index contributed by atoms with van der Waals surface area (Å²) >= 11 is 0. The molecule has 0 spiro atoms. The Hall–Kier alpha value is -0.550. The van der Waals surface area contributed by atoms with E-state index in [0.29, 0.717) is 5.92 Å². The maximum atomic E-state index is 10.5. The van der Waals surface area contributed by atoms with Crippen molar-refractivity contribution in [1.82, 2.24) is 0 Å². The highest BCUT2D eigenvalue weighted by atomic mass is 16.3. The first-order chi connectivity index (χ1) is 6.97. The SMILES string of the molecule is CCCC(C)(O)C1(C#N)CCC(C)CC1. The highest BCUT2D eigenvalue weighted by Crippen LogP contribution is 2.47. The first-order valence-corrected chi connectivity index (χ1v) is 6.11. The van der Waals surface area contributed by atoms with Gasteiger partial charge in [-0.3, -0.25) is 0 Å². The van der Waals surface area contributed by atoms with Gasteiger partial charge in [-0.25, -0.2) is 0 Å². The van der Waals surface area contributed by atoms with E-state index in [1.54, 1.807) is 0 Å². The van der Waals surface area contributed by atoms with Crippen molar-refractivity contribution >= 4 is 0 Å². The summed E-state index contributed by atoms with van der Waals surface area (Å²) in [5, 5.41) is 19.8. The Kier molecular flexibility index (Phi) is 3.78. The number of aliphatic hydroxyl groups is 1. The minimum absolute atomic E-state index is 0.491. The molecule has 0 aromatic carbocycles. The summed E-state index contributed by atoms with van der Waals surface area (Å²) in [4.78, 5) is 0. The Morgan fingerprint density at radius 2 is 2.00 bits per heavy atom. The van der Waals surface area contributed by atoms with E-state index in [-0.39, 0.29) is 0 Å². The van der Waals surface area contributed by atoms with E-state index in [2.05, 4.69) is 19.9 Å². The van der Waals surface area contributed by atoms with Gasteiger partial charge >= 0.3 is 0 Å². The first-order valence-electron chi connectivity index (χ1n) is 6.11. The Morgan fingerprint density at radius 1 is 1.47 bits per heavy atom. The van der Waals surface area contributed by atoms with E-state index >= 15 is 0 Å². The van der Waals surface area contributed by atoms with Crippen molar-refractivity contribution in [3.8, 4) is 6.07 Å². The van der Waals surface area contributed by atoms with Crippen LogP contribution in [0.2, 0.25) is 0 Å². The van der Waals surface area contributed by atoms with Crippen molar-refractivity contribution < 1.29 is 5.11 Å². The van der Waals surface area contributed by atoms with Crippen molar-refractivity contribution in [3.63, 3.8) is 0 Å². The molecule has 1 fully saturated rings. The molecule has 1 aliphatic carbocycles.